The number of benzene rings is 2. The van der Waals surface area contributed by atoms with Gasteiger partial charge in [-0.3, -0.25) is 9.36 Å². The fourth-order valence-corrected chi connectivity index (χ4v) is 3.89. The summed E-state index contributed by atoms with van der Waals surface area (Å²) < 4.78 is 13.3. The summed E-state index contributed by atoms with van der Waals surface area (Å²) in [5.74, 6) is 2.21. The van der Waals surface area contributed by atoms with Crippen LogP contribution in [0.25, 0.3) is 22.6 Å². The number of aromatic nitrogens is 3. The van der Waals surface area contributed by atoms with E-state index in [1.165, 1.54) is 11.8 Å². The largest absolute Gasteiger partial charge is 0.494 e. The summed E-state index contributed by atoms with van der Waals surface area (Å²) in [6, 6.07) is 17.1. The third kappa shape index (κ3) is 4.33. The maximum atomic E-state index is 12.4. The molecule has 1 amide bonds. The lowest BCUT2D eigenvalue weighted by atomic mass is 10.2. The fraction of sp³-hybridized carbons (Fsp3) is 0.227. The van der Waals surface area contributed by atoms with Crippen molar-refractivity contribution in [2.45, 2.75) is 25.5 Å². The lowest BCUT2D eigenvalue weighted by molar-refractivity contribution is -0.113. The smallest absolute Gasteiger partial charge is 0.234 e. The Labute approximate surface area is 178 Å². The van der Waals surface area contributed by atoms with E-state index in [0.717, 1.165) is 22.4 Å². The van der Waals surface area contributed by atoms with Gasteiger partial charge in [-0.2, -0.15) is 0 Å². The van der Waals surface area contributed by atoms with Crippen molar-refractivity contribution < 1.29 is 13.9 Å². The first-order valence-corrected chi connectivity index (χ1v) is 10.7. The summed E-state index contributed by atoms with van der Waals surface area (Å²) in [7, 11) is 0. The van der Waals surface area contributed by atoms with E-state index in [4.69, 9.17) is 9.15 Å². The zero-order valence-corrected chi connectivity index (χ0v) is 17.6. The SMILES string of the molecule is CCOc1ccc(NC(=O)CSc2nnc(-c3cc4ccccc4o3)n2CC)cc1. The molecular formula is C22H22N4O3S. The quantitative estimate of drug-likeness (QED) is 0.409. The summed E-state index contributed by atoms with van der Waals surface area (Å²) in [6.07, 6.45) is 0. The molecule has 154 valence electrons. The lowest BCUT2D eigenvalue weighted by Gasteiger charge is -2.08. The van der Waals surface area contributed by atoms with Crippen LogP contribution in [0.5, 0.6) is 5.75 Å². The maximum absolute atomic E-state index is 12.4. The molecule has 8 heteroatoms. The first kappa shape index (κ1) is 20.0. The van der Waals surface area contributed by atoms with Crippen LogP contribution in [-0.4, -0.2) is 33.0 Å². The molecule has 1 N–H and O–H groups in total. The van der Waals surface area contributed by atoms with Gasteiger partial charge in [-0.1, -0.05) is 30.0 Å². The second kappa shape index (κ2) is 9.04. The summed E-state index contributed by atoms with van der Waals surface area (Å²) in [5.41, 5.74) is 1.53. The lowest BCUT2D eigenvalue weighted by Crippen LogP contribution is -2.14. The van der Waals surface area contributed by atoms with E-state index in [1.807, 2.05) is 73.0 Å². The first-order valence-electron chi connectivity index (χ1n) is 9.75. The molecule has 0 aliphatic heterocycles. The Balaban J connectivity index is 1.42. The van der Waals surface area contributed by atoms with Crippen LogP contribution in [-0.2, 0) is 11.3 Å². The number of ether oxygens (including phenoxy) is 1. The molecule has 0 saturated carbocycles. The van der Waals surface area contributed by atoms with Gasteiger partial charge in [-0.05, 0) is 50.2 Å². The summed E-state index contributed by atoms with van der Waals surface area (Å²) in [5, 5.41) is 13.1. The molecule has 0 spiro atoms. The van der Waals surface area contributed by atoms with Crippen molar-refractivity contribution in [1.29, 1.82) is 0 Å². The van der Waals surface area contributed by atoms with E-state index >= 15 is 0 Å². The number of hydrogen-bond donors (Lipinski definition) is 1. The van der Waals surface area contributed by atoms with Gasteiger partial charge in [-0.15, -0.1) is 10.2 Å². The van der Waals surface area contributed by atoms with E-state index in [9.17, 15) is 4.79 Å². The standard InChI is InChI=1S/C22H22N4O3S/c1-3-26-21(19-13-15-7-5-6-8-18(15)29-19)24-25-22(26)30-14-20(27)23-16-9-11-17(12-10-16)28-4-2/h5-13H,3-4,14H2,1-2H3,(H,23,27). The van der Waals surface area contributed by atoms with Crippen molar-refractivity contribution in [2.75, 3.05) is 17.7 Å². The third-order valence-corrected chi connectivity index (χ3v) is 5.43. The number of hydrogen-bond acceptors (Lipinski definition) is 6. The van der Waals surface area contributed by atoms with E-state index in [-0.39, 0.29) is 11.7 Å². The van der Waals surface area contributed by atoms with Crippen LogP contribution in [0, 0.1) is 0 Å². The normalized spacial score (nSPS) is 11.0. The number of carbonyl (C=O) groups is 1. The molecule has 2 aromatic heterocycles. The first-order chi connectivity index (χ1) is 14.7. The van der Waals surface area contributed by atoms with Crippen LogP contribution in [0.2, 0.25) is 0 Å². The monoisotopic (exact) mass is 422 g/mol. The number of fused-ring (bicyclic) bond motifs is 1. The van der Waals surface area contributed by atoms with Gasteiger partial charge in [0.05, 0.1) is 12.4 Å². The van der Waals surface area contributed by atoms with Gasteiger partial charge >= 0.3 is 0 Å². The molecule has 2 aromatic carbocycles. The number of para-hydroxylation sites is 1. The van der Waals surface area contributed by atoms with Crippen LogP contribution in [0.4, 0.5) is 5.69 Å². The van der Waals surface area contributed by atoms with Crippen LogP contribution in [0.3, 0.4) is 0 Å². The fourth-order valence-electron chi connectivity index (χ4n) is 3.08. The van der Waals surface area contributed by atoms with Crippen molar-refractivity contribution in [2.24, 2.45) is 0 Å². The second-order valence-electron chi connectivity index (χ2n) is 6.49. The topological polar surface area (TPSA) is 82.2 Å². The molecule has 0 atom stereocenters. The zero-order chi connectivity index (χ0) is 20.9. The average Bonchev–Trinajstić information content (AvgIpc) is 3.37. The highest BCUT2D eigenvalue weighted by atomic mass is 32.2. The van der Waals surface area contributed by atoms with Gasteiger partial charge in [0.25, 0.3) is 0 Å². The van der Waals surface area contributed by atoms with Crippen LogP contribution in [0.15, 0.2) is 64.2 Å². The number of nitrogens with one attached hydrogen (secondary N) is 1. The molecule has 7 nitrogen and oxygen atoms in total. The van der Waals surface area contributed by atoms with Crippen LogP contribution in [0.1, 0.15) is 13.8 Å². The minimum absolute atomic E-state index is 0.111. The van der Waals surface area contributed by atoms with Gasteiger partial charge in [-0.25, -0.2) is 0 Å². The highest BCUT2D eigenvalue weighted by Crippen LogP contribution is 2.29. The molecule has 4 aromatic rings. The van der Waals surface area contributed by atoms with Crippen molar-refractivity contribution in [3.05, 3.63) is 54.6 Å². The Morgan fingerprint density at radius 2 is 1.93 bits per heavy atom. The van der Waals surface area contributed by atoms with Crippen molar-refractivity contribution in [3.8, 4) is 17.3 Å². The highest BCUT2D eigenvalue weighted by molar-refractivity contribution is 7.99. The molecule has 0 fully saturated rings. The number of amides is 1. The van der Waals surface area contributed by atoms with Gasteiger partial charge in [0.1, 0.15) is 11.3 Å². The van der Waals surface area contributed by atoms with Gasteiger partial charge in [0.15, 0.2) is 10.9 Å². The summed E-state index contributed by atoms with van der Waals surface area (Å²) in [4.78, 5) is 12.4. The van der Waals surface area contributed by atoms with E-state index in [0.29, 0.717) is 29.9 Å². The number of nitrogens with zero attached hydrogens (tertiary/aromatic N) is 3. The number of anilines is 1. The molecule has 0 aliphatic rings. The van der Waals surface area contributed by atoms with Gasteiger partial charge < -0.3 is 14.5 Å². The zero-order valence-electron chi connectivity index (χ0n) is 16.8. The molecule has 4 rings (SSSR count). The van der Waals surface area contributed by atoms with Crippen LogP contribution < -0.4 is 10.1 Å². The number of thioether (sulfide) groups is 1. The number of carbonyl (C=O) groups excluding carboxylic acids is 1. The molecule has 0 aliphatic carbocycles. The molecule has 0 radical (unpaired) electrons. The van der Waals surface area contributed by atoms with E-state index in [1.54, 1.807) is 0 Å². The van der Waals surface area contributed by atoms with Crippen LogP contribution >= 0.6 is 11.8 Å². The third-order valence-electron chi connectivity index (χ3n) is 4.46. The predicted molar refractivity (Wildman–Crippen MR) is 118 cm³/mol. The molecule has 0 saturated heterocycles. The Morgan fingerprint density at radius 3 is 2.67 bits per heavy atom. The molecular weight excluding hydrogens is 400 g/mol. The Hall–Kier alpha value is -3.26. The highest BCUT2D eigenvalue weighted by Gasteiger charge is 2.17. The predicted octanol–water partition coefficient (Wildman–Crippen LogP) is 4.84. The van der Waals surface area contributed by atoms with Gasteiger partial charge in [0, 0.05) is 17.6 Å². The van der Waals surface area contributed by atoms with E-state index < -0.39 is 0 Å². The Morgan fingerprint density at radius 1 is 1.13 bits per heavy atom. The summed E-state index contributed by atoms with van der Waals surface area (Å²) in [6.45, 7) is 5.22. The average molecular weight is 423 g/mol. The Kier molecular flexibility index (Phi) is 6.04. The molecule has 0 bridgehead atoms. The minimum Gasteiger partial charge on any atom is -0.494 e. The number of rotatable bonds is 8. The Bertz CT molecular complexity index is 1120. The van der Waals surface area contributed by atoms with Gasteiger partial charge in [0.2, 0.25) is 11.7 Å². The van der Waals surface area contributed by atoms with E-state index in [2.05, 4.69) is 15.5 Å². The van der Waals surface area contributed by atoms with Crippen molar-refractivity contribution in [1.82, 2.24) is 14.8 Å². The molecule has 30 heavy (non-hydrogen) atoms. The van der Waals surface area contributed by atoms with Crippen molar-refractivity contribution >= 4 is 34.3 Å². The summed E-state index contributed by atoms with van der Waals surface area (Å²) >= 11 is 1.34. The van der Waals surface area contributed by atoms with Crippen molar-refractivity contribution in [3.63, 3.8) is 0 Å². The number of furan rings is 1. The second-order valence-corrected chi connectivity index (χ2v) is 7.44. The molecule has 0 unspecified atom stereocenters. The maximum Gasteiger partial charge on any atom is 0.234 e. The minimum atomic E-state index is -0.111. The molecule has 2 heterocycles.